The highest BCUT2D eigenvalue weighted by Crippen LogP contribution is 2.03. The summed E-state index contributed by atoms with van der Waals surface area (Å²) in [5.74, 6) is -0.259. The van der Waals surface area contributed by atoms with Crippen LogP contribution in [-0.4, -0.2) is 19.2 Å². The first-order valence-electron chi connectivity index (χ1n) is 3.39. The van der Waals surface area contributed by atoms with Gasteiger partial charge >= 0.3 is 5.97 Å². The van der Waals surface area contributed by atoms with Crippen LogP contribution in [0.25, 0.3) is 0 Å². The van der Waals surface area contributed by atoms with Crippen LogP contribution < -0.4 is 0 Å². The molecule has 0 saturated heterocycles. The van der Waals surface area contributed by atoms with Gasteiger partial charge < -0.3 is 9.47 Å². The van der Waals surface area contributed by atoms with Crippen molar-refractivity contribution in [2.24, 2.45) is 0 Å². The Balaban J connectivity index is 2.31. The summed E-state index contributed by atoms with van der Waals surface area (Å²) in [6, 6.07) is 0. The molecule has 60 valence electrons. The van der Waals surface area contributed by atoms with E-state index in [1.165, 1.54) is 6.92 Å². The molecule has 0 aromatic heterocycles. The Morgan fingerprint density at radius 2 is 2.64 bits per heavy atom. The molecule has 0 aromatic rings. The lowest BCUT2D eigenvalue weighted by Gasteiger charge is -2.07. The molecule has 0 radical (unpaired) electrons. The molecule has 0 saturated carbocycles. The highest BCUT2D eigenvalue weighted by Gasteiger charge is 1.99. The van der Waals surface area contributed by atoms with Gasteiger partial charge in [-0.1, -0.05) is 0 Å². The zero-order valence-corrected chi connectivity index (χ0v) is 6.37. The number of esters is 1. The number of hydrogen-bond donors (Lipinski definition) is 0. The maximum atomic E-state index is 10.4. The van der Waals surface area contributed by atoms with Crippen molar-refractivity contribution in [1.29, 1.82) is 0 Å². The van der Waals surface area contributed by atoms with Crippen molar-refractivity contribution in [3.8, 4) is 0 Å². The third kappa shape index (κ3) is 2.89. The van der Waals surface area contributed by atoms with E-state index in [9.17, 15) is 4.79 Å². The quantitative estimate of drug-likeness (QED) is 0.557. The minimum atomic E-state index is -0.259. The molecule has 0 aliphatic carbocycles. The van der Waals surface area contributed by atoms with E-state index in [1.54, 1.807) is 12.3 Å². The summed E-state index contributed by atoms with van der Waals surface area (Å²) in [7, 11) is 0. The van der Waals surface area contributed by atoms with Gasteiger partial charge in [-0.25, -0.2) is 0 Å². The Labute approximate surface area is 65.3 Å². The van der Waals surface area contributed by atoms with Crippen molar-refractivity contribution in [2.45, 2.75) is 6.92 Å². The highest BCUT2D eigenvalue weighted by molar-refractivity contribution is 5.66. The fraction of sp³-hybridized carbons (Fsp3) is 0.375. The number of carbonyl (C=O) groups is 1. The van der Waals surface area contributed by atoms with E-state index < -0.39 is 0 Å². The van der Waals surface area contributed by atoms with Gasteiger partial charge in [0.25, 0.3) is 0 Å². The molecule has 1 rings (SSSR count). The first kappa shape index (κ1) is 7.85. The van der Waals surface area contributed by atoms with Gasteiger partial charge in [0.1, 0.15) is 13.2 Å². The summed E-state index contributed by atoms with van der Waals surface area (Å²) < 4.78 is 9.68. The summed E-state index contributed by atoms with van der Waals surface area (Å²) in [5.41, 5.74) is 0.978. The van der Waals surface area contributed by atoms with Gasteiger partial charge in [0.15, 0.2) is 0 Å². The second-order valence-corrected chi connectivity index (χ2v) is 2.20. The smallest absolute Gasteiger partial charge is 0.302 e. The van der Waals surface area contributed by atoms with Crippen LogP contribution >= 0.6 is 0 Å². The standard InChI is InChI=1S/C8H10O3/c1-7(9)11-6-8-2-4-10-5-3-8/h2-4H,5-6H2,1H3. The molecule has 1 aliphatic rings. The van der Waals surface area contributed by atoms with Gasteiger partial charge in [-0.2, -0.15) is 0 Å². The molecular weight excluding hydrogens is 144 g/mol. The normalized spacial score (nSPS) is 15.2. The lowest BCUT2D eigenvalue weighted by molar-refractivity contribution is -0.139. The average Bonchev–Trinajstić information content (AvgIpc) is 2.03. The van der Waals surface area contributed by atoms with Gasteiger partial charge in [-0.15, -0.1) is 0 Å². The molecule has 0 amide bonds. The first-order chi connectivity index (χ1) is 5.29. The Hall–Kier alpha value is -1.25. The van der Waals surface area contributed by atoms with Gasteiger partial charge in [-0.3, -0.25) is 4.79 Å². The van der Waals surface area contributed by atoms with Crippen LogP contribution in [0.15, 0.2) is 24.0 Å². The maximum absolute atomic E-state index is 10.4. The highest BCUT2D eigenvalue weighted by atomic mass is 16.5. The summed E-state index contributed by atoms with van der Waals surface area (Å²) in [6.45, 7) is 2.30. The van der Waals surface area contributed by atoms with Crippen molar-refractivity contribution < 1.29 is 14.3 Å². The fourth-order valence-corrected chi connectivity index (χ4v) is 0.706. The summed E-state index contributed by atoms with van der Waals surface area (Å²) in [6.07, 6.45) is 5.26. The van der Waals surface area contributed by atoms with Crippen molar-refractivity contribution in [3.63, 3.8) is 0 Å². The number of rotatable bonds is 2. The molecule has 0 N–H and O–H groups in total. The van der Waals surface area contributed by atoms with E-state index in [-0.39, 0.29) is 5.97 Å². The molecular formula is C8H10O3. The van der Waals surface area contributed by atoms with E-state index in [0.29, 0.717) is 13.2 Å². The zero-order chi connectivity index (χ0) is 8.10. The molecule has 0 bridgehead atoms. The molecule has 0 fully saturated rings. The van der Waals surface area contributed by atoms with E-state index in [0.717, 1.165) is 5.57 Å². The average molecular weight is 154 g/mol. The number of carbonyl (C=O) groups excluding carboxylic acids is 1. The second-order valence-electron chi connectivity index (χ2n) is 2.20. The zero-order valence-electron chi connectivity index (χ0n) is 6.37. The maximum Gasteiger partial charge on any atom is 0.302 e. The summed E-state index contributed by atoms with van der Waals surface area (Å²) in [5, 5.41) is 0. The van der Waals surface area contributed by atoms with Gasteiger partial charge in [-0.05, 0) is 17.7 Å². The van der Waals surface area contributed by atoms with Gasteiger partial charge in [0.2, 0.25) is 0 Å². The molecule has 11 heavy (non-hydrogen) atoms. The summed E-state index contributed by atoms with van der Waals surface area (Å²) >= 11 is 0. The second kappa shape index (κ2) is 3.81. The third-order valence-corrected chi connectivity index (χ3v) is 1.26. The molecule has 0 aromatic carbocycles. The lowest BCUT2D eigenvalue weighted by Crippen LogP contribution is -2.04. The van der Waals surface area contributed by atoms with Crippen LogP contribution in [0.4, 0.5) is 0 Å². The minimum Gasteiger partial charge on any atom is -0.497 e. The Morgan fingerprint density at radius 3 is 3.18 bits per heavy atom. The topological polar surface area (TPSA) is 35.5 Å². The first-order valence-corrected chi connectivity index (χ1v) is 3.39. The Bertz CT molecular complexity index is 203. The van der Waals surface area contributed by atoms with E-state index in [2.05, 4.69) is 0 Å². The van der Waals surface area contributed by atoms with Crippen LogP contribution in [0, 0.1) is 0 Å². The summed E-state index contributed by atoms with van der Waals surface area (Å²) in [4.78, 5) is 10.4. The lowest BCUT2D eigenvalue weighted by atomic mass is 10.2. The van der Waals surface area contributed by atoms with Crippen LogP contribution in [0.1, 0.15) is 6.92 Å². The molecule has 1 heterocycles. The Morgan fingerprint density at radius 1 is 1.82 bits per heavy atom. The Kier molecular flexibility index (Phi) is 2.72. The predicted molar refractivity (Wildman–Crippen MR) is 39.8 cm³/mol. The van der Waals surface area contributed by atoms with Gasteiger partial charge in [0, 0.05) is 6.92 Å². The number of hydrogen-bond acceptors (Lipinski definition) is 3. The van der Waals surface area contributed by atoms with Crippen molar-refractivity contribution in [1.82, 2.24) is 0 Å². The van der Waals surface area contributed by atoms with E-state index in [4.69, 9.17) is 9.47 Å². The molecule has 1 aliphatic heterocycles. The molecule has 3 nitrogen and oxygen atoms in total. The monoisotopic (exact) mass is 154 g/mol. The van der Waals surface area contributed by atoms with Crippen molar-refractivity contribution in [3.05, 3.63) is 24.0 Å². The van der Waals surface area contributed by atoms with Gasteiger partial charge in [0.05, 0.1) is 6.26 Å². The van der Waals surface area contributed by atoms with Crippen molar-refractivity contribution in [2.75, 3.05) is 13.2 Å². The van der Waals surface area contributed by atoms with E-state index in [1.807, 2.05) is 6.08 Å². The predicted octanol–water partition coefficient (Wildman–Crippen LogP) is 1.02. The molecule has 0 atom stereocenters. The van der Waals surface area contributed by atoms with Crippen LogP contribution in [0.5, 0.6) is 0 Å². The third-order valence-electron chi connectivity index (χ3n) is 1.26. The number of ether oxygens (including phenoxy) is 2. The van der Waals surface area contributed by atoms with Crippen LogP contribution in [0.3, 0.4) is 0 Å². The van der Waals surface area contributed by atoms with Crippen LogP contribution in [0.2, 0.25) is 0 Å². The van der Waals surface area contributed by atoms with E-state index >= 15 is 0 Å². The minimum absolute atomic E-state index is 0.259. The molecule has 3 heteroatoms. The van der Waals surface area contributed by atoms with Crippen molar-refractivity contribution >= 4 is 5.97 Å². The molecule has 0 unspecified atom stereocenters. The fourth-order valence-electron chi connectivity index (χ4n) is 0.706. The van der Waals surface area contributed by atoms with Crippen LogP contribution in [-0.2, 0) is 14.3 Å². The largest absolute Gasteiger partial charge is 0.497 e. The SMILES string of the molecule is CC(=O)OCC1=CCOC=C1. The molecule has 0 spiro atoms.